The second-order valence-corrected chi connectivity index (χ2v) is 0.519. The molecule has 0 heterocycles. The van der Waals surface area contributed by atoms with Gasteiger partial charge in [0.2, 0.25) is 0 Å². The summed E-state index contributed by atoms with van der Waals surface area (Å²) in [6.45, 7) is 1.08. The maximum atomic E-state index is 9.00. The van der Waals surface area contributed by atoms with Gasteiger partial charge in [-0.05, 0) is 0 Å². The number of carboxylic acid groups (broad SMARTS) is 1. The molecular formula is C2H6MgO2. The molecule has 0 saturated carbocycles. The Labute approximate surface area is 46.3 Å². The van der Waals surface area contributed by atoms with Gasteiger partial charge in [0.1, 0.15) is 0 Å². The second kappa shape index (κ2) is 4.24. The number of hydrogen-bond acceptors (Lipinski definition) is 1. The highest BCUT2D eigenvalue weighted by Gasteiger charge is 1.65. The highest BCUT2D eigenvalue weighted by molar-refractivity contribution is 5.75. The van der Waals surface area contributed by atoms with Gasteiger partial charge in [-0.3, -0.25) is 4.79 Å². The van der Waals surface area contributed by atoms with Crippen LogP contribution >= 0.6 is 0 Å². The monoisotopic (exact) mass is 86.0 g/mol. The van der Waals surface area contributed by atoms with E-state index in [4.69, 9.17) is 9.90 Å². The van der Waals surface area contributed by atoms with Crippen molar-refractivity contribution in [2.45, 2.75) is 6.92 Å². The predicted molar refractivity (Wildman–Crippen MR) is 21.9 cm³/mol. The molecule has 0 saturated heterocycles. The third-order valence-electron chi connectivity index (χ3n) is 0. The van der Waals surface area contributed by atoms with Gasteiger partial charge in [-0.15, -0.1) is 0 Å². The molecule has 0 spiro atoms. The Morgan fingerprint density at radius 2 is 1.80 bits per heavy atom. The van der Waals surface area contributed by atoms with Gasteiger partial charge in [-0.25, -0.2) is 0 Å². The van der Waals surface area contributed by atoms with E-state index in [-0.39, 0.29) is 23.1 Å². The molecule has 0 radical (unpaired) electrons. The van der Waals surface area contributed by atoms with E-state index in [1.165, 1.54) is 0 Å². The molecule has 0 rings (SSSR count). The fourth-order valence-corrected chi connectivity index (χ4v) is 0. The van der Waals surface area contributed by atoms with Crippen molar-refractivity contribution in [2.75, 3.05) is 0 Å². The standard InChI is InChI=1S/C2H4O2.Mg.2H/c1-2(3)4;;;/h1H3,(H,3,4);;;. The van der Waals surface area contributed by atoms with Crippen LogP contribution in [0, 0.1) is 0 Å². The first-order valence-corrected chi connectivity index (χ1v) is 0.928. The van der Waals surface area contributed by atoms with Crippen LogP contribution in [0.3, 0.4) is 0 Å². The lowest BCUT2D eigenvalue weighted by Crippen LogP contribution is -1.78. The van der Waals surface area contributed by atoms with Gasteiger partial charge in [-0.2, -0.15) is 0 Å². The maximum absolute atomic E-state index is 9.00. The molecule has 3 heteroatoms. The first-order valence-electron chi connectivity index (χ1n) is 0.928. The molecule has 0 aliphatic heterocycles. The van der Waals surface area contributed by atoms with Crippen LogP contribution in [0.2, 0.25) is 0 Å². The van der Waals surface area contributed by atoms with Gasteiger partial charge in [-0.1, -0.05) is 0 Å². The Bertz CT molecular complexity index is 30.6. The molecule has 5 heavy (non-hydrogen) atoms. The quantitative estimate of drug-likeness (QED) is 0.391. The molecule has 0 atom stereocenters. The first-order chi connectivity index (χ1) is 1.73. The van der Waals surface area contributed by atoms with Crippen molar-refractivity contribution >= 4 is 29.0 Å². The topological polar surface area (TPSA) is 37.3 Å². The number of carboxylic acids is 1. The van der Waals surface area contributed by atoms with Crippen LogP contribution in [0.5, 0.6) is 0 Å². The summed E-state index contributed by atoms with van der Waals surface area (Å²) in [4.78, 5) is 9.00. The molecular weight excluding hydrogens is 80.3 g/mol. The van der Waals surface area contributed by atoms with Crippen LogP contribution in [0.4, 0.5) is 0 Å². The van der Waals surface area contributed by atoms with Crippen molar-refractivity contribution in [3.8, 4) is 0 Å². The smallest absolute Gasteiger partial charge is 0.316 e. The molecule has 0 bridgehead atoms. The van der Waals surface area contributed by atoms with Crippen LogP contribution in [-0.4, -0.2) is 34.1 Å². The van der Waals surface area contributed by atoms with Gasteiger partial charge in [0.05, 0.1) is 0 Å². The average molecular weight is 86.4 g/mol. The van der Waals surface area contributed by atoms with Crippen molar-refractivity contribution in [1.29, 1.82) is 0 Å². The lowest BCUT2D eigenvalue weighted by molar-refractivity contribution is -0.134. The van der Waals surface area contributed by atoms with E-state index in [0.29, 0.717) is 0 Å². The lowest BCUT2D eigenvalue weighted by atomic mass is 10.9. The minimum absolute atomic E-state index is 0. The number of hydrogen-bond donors (Lipinski definition) is 1. The van der Waals surface area contributed by atoms with Crippen LogP contribution in [0.15, 0.2) is 0 Å². The minimum atomic E-state index is -0.833. The van der Waals surface area contributed by atoms with E-state index in [1.807, 2.05) is 0 Å². The summed E-state index contributed by atoms with van der Waals surface area (Å²) in [5, 5.41) is 7.42. The molecule has 0 aliphatic carbocycles. The second-order valence-electron chi connectivity index (χ2n) is 0.519. The molecule has 0 aliphatic rings. The van der Waals surface area contributed by atoms with Crippen molar-refractivity contribution in [3.05, 3.63) is 0 Å². The molecule has 0 unspecified atom stereocenters. The third kappa shape index (κ3) is 380. The highest BCUT2D eigenvalue weighted by atomic mass is 24.3. The zero-order valence-electron chi connectivity index (χ0n) is 2.36. The fourth-order valence-electron chi connectivity index (χ4n) is 0. The molecule has 0 amide bonds. The minimum Gasteiger partial charge on any atom is -0.481 e. The van der Waals surface area contributed by atoms with Gasteiger partial charge in [0.15, 0.2) is 0 Å². The Hall–Kier alpha value is 0.236. The molecule has 2 nitrogen and oxygen atoms in total. The lowest BCUT2D eigenvalue weighted by Gasteiger charge is -1.59. The van der Waals surface area contributed by atoms with Crippen molar-refractivity contribution in [1.82, 2.24) is 0 Å². The van der Waals surface area contributed by atoms with E-state index in [2.05, 4.69) is 0 Å². The SMILES string of the molecule is CC(=O)O.[MgH2]. The molecule has 28 valence electrons. The molecule has 1 N–H and O–H groups in total. The van der Waals surface area contributed by atoms with Crippen LogP contribution < -0.4 is 0 Å². The third-order valence-corrected chi connectivity index (χ3v) is 0. The van der Waals surface area contributed by atoms with Gasteiger partial charge in [0, 0.05) is 6.92 Å². The maximum Gasteiger partial charge on any atom is 0.316 e. The normalized spacial score (nSPS) is 5.00. The van der Waals surface area contributed by atoms with E-state index in [0.717, 1.165) is 6.92 Å². The number of carbonyl (C=O) groups is 1. The largest absolute Gasteiger partial charge is 0.481 e. The van der Waals surface area contributed by atoms with E-state index >= 15 is 0 Å². The Balaban J connectivity index is 0. The summed E-state index contributed by atoms with van der Waals surface area (Å²) in [7, 11) is 0. The first kappa shape index (κ1) is 8.97. The van der Waals surface area contributed by atoms with E-state index in [9.17, 15) is 0 Å². The Kier molecular flexibility index (Phi) is 7.60. The van der Waals surface area contributed by atoms with Crippen molar-refractivity contribution in [2.24, 2.45) is 0 Å². The zero-order valence-corrected chi connectivity index (χ0v) is 2.36. The predicted octanol–water partition coefficient (Wildman–Crippen LogP) is -0.825. The summed E-state index contributed by atoms with van der Waals surface area (Å²) >= 11 is 0. The van der Waals surface area contributed by atoms with Crippen LogP contribution in [0.1, 0.15) is 6.92 Å². The Morgan fingerprint density at radius 1 is 1.80 bits per heavy atom. The van der Waals surface area contributed by atoms with Crippen molar-refractivity contribution in [3.63, 3.8) is 0 Å². The number of aliphatic carboxylic acids is 1. The van der Waals surface area contributed by atoms with Gasteiger partial charge < -0.3 is 5.11 Å². The van der Waals surface area contributed by atoms with Gasteiger partial charge in [0.25, 0.3) is 5.97 Å². The average Bonchev–Trinajstić information content (AvgIpc) is 0.811. The molecule has 0 aromatic heterocycles. The summed E-state index contributed by atoms with van der Waals surface area (Å²) < 4.78 is 0. The molecule has 0 aromatic carbocycles. The van der Waals surface area contributed by atoms with E-state index in [1.54, 1.807) is 0 Å². The molecule has 0 fully saturated rings. The summed E-state index contributed by atoms with van der Waals surface area (Å²) in [6.07, 6.45) is 0. The summed E-state index contributed by atoms with van der Waals surface area (Å²) in [6, 6.07) is 0. The van der Waals surface area contributed by atoms with Crippen LogP contribution in [0.25, 0.3) is 0 Å². The van der Waals surface area contributed by atoms with Crippen LogP contribution in [-0.2, 0) is 4.79 Å². The fraction of sp³-hybridized carbons (Fsp3) is 0.500. The highest BCUT2D eigenvalue weighted by Crippen LogP contribution is 1.42. The van der Waals surface area contributed by atoms with Gasteiger partial charge >= 0.3 is 23.1 Å². The zero-order chi connectivity index (χ0) is 3.58. The summed E-state index contributed by atoms with van der Waals surface area (Å²) in [5.74, 6) is -0.833. The Morgan fingerprint density at radius 3 is 1.80 bits per heavy atom. The van der Waals surface area contributed by atoms with E-state index < -0.39 is 5.97 Å². The number of rotatable bonds is 0. The summed E-state index contributed by atoms with van der Waals surface area (Å²) in [5.41, 5.74) is 0. The van der Waals surface area contributed by atoms with Crippen molar-refractivity contribution < 1.29 is 9.90 Å². The molecule has 0 aromatic rings.